The maximum Gasteiger partial charge on any atom is 0.256 e. The summed E-state index contributed by atoms with van der Waals surface area (Å²) in [5, 5.41) is 2.85. The van der Waals surface area contributed by atoms with E-state index in [2.05, 4.69) is 5.32 Å². The van der Waals surface area contributed by atoms with Crippen LogP contribution in [-0.4, -0.2) is 44.0 Å². The van der Waals surface area contributed by atoms with Crippen LogP contribution in [0.4, 0.5) is 5.69 Å². The average molecular weight is 457 g/mol. The number of benzene rings is 3. The second kappa shape index (κ2) is 10.7. The van der Waals surface area contributed by atoms with Crippen LogP contribution in [-0.2, 0) is 4.79 Å². The summed E-state index contributed by atoms with van der Waals surface area (Å²) in [4.78, 5) is 27.7. The SMILES string of the molecule is COc1cc(NC(=O)/C=C/c2cccc(-c3ccccc3)c2)c(C(=O)N2CCCC2)cc1OC. The van der Waals surface area contributed by atoms with Crippen molar-refractivity contribution < 1.29 is 19.1 Å². The molecule has 1 fully saturated rings. The van der Waals surface area contributed by atoms with Crippen molar-refractivity contribution >= 4 is 23.6 Å². The summed E-state index contributed by atoms with van der Waals surface area (Å²) in [5.41, 5.74) is 3.85. The van der Waals surface area contributed by atoms with E-state index in [0.717, 1.165) is 29.5 Å². The van der Waals surface area contributed by atoms with Crippen molar-refractivity contribution in [2.75, 3.05) is 32.6 Å². The predicted octanol–water partition coefficient (Wildman–Crippen LogP) is 5.26. The van der Waals surface area contributed by atoms with Crippen LogP contribution in [0.1, 0.15) is 28.8 Å². The van der Waals surface area contributed by atoms with Crippen LogP contribution < -0.4 is 14.8 Å². The van der Waals surface area contributed by atoms with Gasteiger partial charge < -0.3 is 19.7 Å². The number of carbonyl (C=O) groups is 2. The third-order valence-electron chi connectivity index (χ3n) is 5.83. The van der Waals surface area contributed by atoms with Crippen LogP contribution in [0.3, 0.4) is 0 Å². The maximum absolute atomic E-state index is 13.1. The first kappa shape index (κ1) is 23.1. The first-order valence-electron chi connectivity index (χ1n) is 11.3. The van der Waals surface area contributed by atoms with Gasteiger partial charge in [0.1, 0.15) is 0 Å². The van der Waals surface area contributed by atoms with E-state index in [1.54, 1.807) is 23.1 Å². The fourth-order valence-corrected chi connectivity index (χ4v) is 4.05. The topological polar surface area (TPSA) is 67.9 Å². The summed E-state index contributed by atoms with van der Waals surface area (Å²) >= 11 is 0. The molecule has 1 saturated heterocycles. The Morgan fingerprint density at radius 1 is 0.853 bits per heavy atom. The van der Waals surface area contributed by atoms with Gasteiger partial charge in [0, 0.05) is 25.2 Å². The predicted molar refractivity (Wildman–Crippen MR) is 134 cm³/mol. The van der Waals surface area contributed by atoms with Gasteiger partial charge in [0.15, 0.2) is 11.5 Å². The number of amides is 2. The van der Waals surface area contributed by atoms with Crippen molar-refractivity contribution in [3.63, 3.8) is 0 Å². The van der Waals surface area contributed by atoms with Crippen LogP contribution in [0, 0.1) is 0 Å². The zero-order chi connectivity index (χ0) is 23.9. The Hall–Kier alpha value is -4.06. The van der Waals surface area contributed by atoms with Gasteiger partial charge in [-0.15, -0.1) is 0 Å². The molecular formula is C28H28N2O4. The number of hydrogen-bond donors (Lipinski definition) is 1. The molecular weight excluding hydrogens is 428 g/mol. The minimum Gasteiger partial charge on any atom is -0.493 e. The minimum absolute atomic E-state index is 0.131. The summed E-state index contributed by atoms with van der Waals surface area (Å²) in [5.74, 6) is 0.410. The number of carbonyl (C=O) groups excluding carboxylic acids is 2. The highest BCUT2D eigenvalue weighted by Crippen LogP contribution is 2.34. The van der Waals surface area contributed by atoms with Gasteiger partial charge in [0.05, 0.1) is 25.5 Å². The Bertz CT molecular complexity index is 1200. The molecule has 2 amide bonds. The average Bonchev–Trinajstić information content (AvgIpc) is 3.42. The molecule has 6 nitrogen and oxygen atoms in total. The van der Waals surface area contributed by atoms with Gasteiger partial charge in [0.25, 0.3) is 5.91 Å². The van der Waals surface area contributed by atoms with Crippen molar-refractivity contribution in [3.8, 4) is 22.6 Å². The number of likely N-dealkylation sites (tertiary alicyclic amines) is 1. The molecule has 0 bridgehead atoms. The zero-order valence-corrected chi connectivity index (χ0v) is 19.4. The Balaban J connectivity index is 1.56. The Kier molecular flexibility index (Phi) is 7.28. The quantitative estimate of drug-likeness (QED) is 0.493. The molecule has 0 unspecified atom stereocenters. The molecule has 174 valence electrons. The highest BCUT2D eigenvalue weighted by Gasteiger charge is 2.24. The number of rotatable bonds is 7. The van der Waals surface area contributed by atoms with E-state index < -0.39 is 0 Å². The van der Waals surface area contributed by atoms with E-state index in [-0.39, 0.29) is 11.8 Å². The summed E-state index contributed by atoms with van der Waals surface area (Å²) in [7, 11) is 3.04. The van der Waals surface area contributed by atoms with Gasteiger partial charge in [-0.2, -0.15) is 0 Å². The number of anilines is 1. The fourth-order valence-electron chi connectivity index (χ4n) is 4.05. The molecule has 1 aliphatic rings. The van der Waals surface area contributed by atoms with Crippen molar-refractivity contribution in [2.24, 2.45) is 0 Å². The number of methoxy groups -OCH3 is 2. The van der Waals surface area contributed by atoms with Crippen molar-refractivity contribution in [1.82, 2.24) is 4.90 Å². The van der Waals surface area contributed by atoms with Crippen LogP contribution in [0.5, 0.6) is 11.5 Å². The lowest BCUT2D eigenvalue weighted by atomic mass is 10.0. The Labute approximate surface area is 199 Å². The minimum atomic E-state index is -0.340. The molecule has 1 heterocycles. The molecule has 0 spiro atoms. The normalized spacial score (nSPS) is 13.2. The monoisotopic (exact) mass is 456 g/mol. The highest BCUT2D eigenvalue weighted by atomic mass is 16.5. The molecule has 4 rings (SSSR count). The molecule has 0 radical (unpaired) electrons. The van der Waals surface area contributed by atoms with Crippen LogP contribution >= 0.6 is 0 Å². The van der Waals surface area contributed by atoms with Crippen molar-refractivity contribution in [1.29, 1.82) is 0 Å². The Morgan fingerprint density at radius 3 is 2.24 bits per heavy atom. The zero-order valence-electron chi connectivity index (χ0n) is 19.4. The van der Waals surface area contributed by atoms with Gasteiger partial charge >= 0.3 is 0 Å². The first-order chi connectivity index (χ1) is 16.6. The van der Waals surface area contributed by atoms with Crippen LogP contribution in [0.2, 0.25) is 0 Å². The van der Waals surface area contributed by atoms with E-state index in [9.17, 15) is 9.59 Å². The molecule has 1 N–H and O–H groups in total. The lowest BCUT2D eigenvalue weighted by Gasteiger charge is -2.19. The summed E-state index contributed by atoms with van der Waals surface area (Å²) in [6.45, 7) is 1.41. The van der Waals surface area contributed by atoms with E-state index >= 15 is 0 Å². The smallest absolute Gasteiger partial charge is 0.256 e. The number of ether oxygens (including phenoxy) is 2. The third-order valence-corrected chi connectivity index (χ3v) is 5.83. The number of nitrogens with one attached hydrogen (secondary N) is 1. The van der Waals surface area contributed by atoms with Gasteiger partial charge in [-0.1, -0.05) is 48.5 Å². The van der Waals surface area contributed by atoms with Crippen LogP contribution in [0.15, 0.2) is 72.8 Å². The second-order valence-corrected chi connectivity index (χ2v) is 8.07. The van der Waals surface area contributed by atoms with E-state index in [0.29, 0.717) is 35.8 Å². The largest absolute Gasteiger partial charge is 0.493 e. The molecule has 0 aliphatic carbocycles. The van der Waals surface area contributed by atoms with Gasteiger partial charge in [-0.05, 0) is 47.7 Å². The molecule has 6 heteroatoms. The third kappa shape index (κ3) is 5.29. The number of hydrogen-bond acceptors (Lipinski definition) is 4. The van der Waals surface area contributed by atoms with Gasteiger partial charge in [0.2, 0.25) is 5.91 Å². The van der Waals surface area contributed by atoms with E-state index in [1.165, 1.54) is 20.3 Å². The standard InChI is InChI=1S/C28H28N2O4/c1-33-25-18-23(28(32)30-15-6-7-16-30)24(19-26(25)34-2)29-27(31)14-13-20-9-8-12-22(17-20)21-10-4-3-5-11-21/h3-5,8-14,17-19H,6-7,15-16H2,1-2H3,(H,29,31)/b14-13+. The summed E-state index contributed by atoms with van der Waals surface area (Å²) in [6.07, 6.45) is 5.17. The van der Waals surface area contributed by atoms with Gasteiger partial charge in [-0.3, -0.25) is 9.59 Å². The van der Waals surface area contributed by atoms with Crippen LogP contribution in [0.25, 0.3) is 17.2 Å². The molecule has 34 heavy (non-hydrogen) atoms. The van der Waals surface area contributed by atoms with Crippen molar-refractivity contribution in [3.05, 3.63) is 83.9 Å². The fraction of sp³-hybridized carbons (Fsp3) is 0.214. The summed E-state index contributed by atoms with van der Waals surface area (Å²) < 4.78 is 10.8. The summed E-state index contributed by atoms with van der Waals surface area (Å²) in [6, 6.07) is 21.3. The molecule has 0 atom stereocenters. The first-order valence-corrected chi connectivity index (χ1v) is 11.3. The van der Waals surface area contributed by atoms with Crippen molar-refractivity contribution in [2.45, 2.75) is 12.8 Å². The number of nitrogens with zero attached hydrogens (tertiary/aromatic N) is 1. The second-order valence-electron chi connectivity index (χ2n) is 8.07. The van der Waals surface area contributed by atoms with E-state index in [4.69, 9.17) is 9.47 Å². The van der Waals surface area contributed by atoms with Gasteiger partial charge in [-0.25, -0.2) is 0 Å². The molecule has 1 aliphatic heterocycles. The lowest BCUT2D eigenvalue weighted by Crippen LogP contribution is -2.28. The Morgan fingerprint density at radius 2 is 1.53 bits per heavy atom. The van der Waals surface area contributed by atoms with E-state index in [1.807, 2.05) is 54.6 Å². The molecule has 0 saturated carbocycles. The highest BCUT2D eigenvalue weighted by molar-refractivity contribution is 6.08. The lowest BCUT2D eigenvalue weighted by molar-refractivity contribution is -0.111. The molecule has 0 aromatic heterocycles. The maximum atomic E-state index is 13.1. The molecule has 3 aromatic carbocycles. The molecule has 3 aromatic rings.